The Bertz CT molecular complexity index is 868. The second-order valence-electron chi connectivity index (χ2n) is 7.76. The smallest absolute Gasteiger partial charge is 0.326 e. The van der Waals surface area contributed by atoms with Crippen LogP contribution in [0, 0.1) is 0 Å². The van der Waals surface area contributed by atoms with Gasteiger partial charge in [-0.3, -0.25) is 19.2 Å². The fourth-order valence-electron chi connectivity index (χ4n) is 3.34. The molecule has 1 heterocycles. The number of phenolic OH excluding ortho intramolecular Hbond substituents is 1. The third-order valence-corrected chi connectivity index (χ3v) is 5.12. The Hall–Kier alpha value is -3.67. The van der Waals surface area contributed by atoms with Crippen LogP contribution in [-0.4, -0.2) is 71.0 Å². The number of benzene rings is 1. The number of rotatable bonds is 12. The summed E-state index contributed by atoms with van der Waals surface area (Å²) in [5, 5.41) is 29.1. The number of nitrogens with one attached hydrogen (secondary N) is 4. The quantitative estimate of drug-likeness (QED) is 0.187. The lowest BCUT2D eigenvalue weighted by Crippen LogP contribution is -2.54. The van der Waals surface area contributed by atoms with Crippen LogP contribution in [0.3, 0.4) is 0 Å². The maximum atomic E-state index is 12.8. The first-order valence-corrected chi connectivity index (χ1v) is 10.6. The summed E-state index contributed by atoms with van der Waals surface area (Å²) >= 11 is 0. The summed E-state index contributed by atoms with van der Waals surface area (Å²) in [6, 6.07) is 3.02. The Morgan fingerprint density at radius 3 is 2.36 bits per heavy atom. The van der Waals surface area contributed by atoms with Crippen molar-refractivity contribution in [1.82, 2.24) is 21.3 Å². The Labute approximate surface area is 190 Å². The molecule has 3 atom stereocenters. The molecular weight excluding hydrogens is 434 g/mol. The molecule has 12 nitrogen and oxygen atoms in total. The molecule has 0 spiro atoms. The molecule has 0 bridgehead atoms. The maximum absolute atomic E-state index is 12.8. The molecule has 33 heavy (non-hydrogen) atoms. The number of aliphatic carboxylic acids is 1. The molecule has 0 aliphatic carbocycles. The number of hydrogen-bond acceptors (Lipinski definition) is 7. The van der Waals surface area contributed by atoms with Crippen molar-refractivity contribution < 1.29 is 34.2 Å². The zero-order chi connectivity index (χ0) is 24.4. The number of phenols is 1. The van der Waals surface area contributed by atoms with Crippen LogP contribution in [-0.2, 0) is 30.4 Å². The van der Waals surface area contributed by atoms with E-state index in [2.05, 4.69) is 21.3 Å². The zero-order valence-corrected chi connectivity index (χ0v) is 18.0. The summed E-state index contributed by atoms with van der Waals surface area (Å²) < 4.78 is 0. The van der Waals surface area contributed by atoms with Gasteiger partial charge in [-0.15, -0.1) is 0 Å². The van der Waals surface area contributed by atoms with Crippen molar-refractivity contribution in [2.45, 2.75) is 50.2 Å². The highest BCUT2D eigenvalue weighted by molar-refractivity contribution is 5.92. The first-order chi connectivity index (χ1) is 15.7. The first-order valence-electron chi connectivity index (χ1n) is 10.6. The Kier molecular flexibility index (Phi) is 9.61. The van der Waals surface area contributed by atoms with Gasteiger partial charge in [0.05, 0.1) is 12.6 Å². The number of carbonyl (C=O) groups excluding carboxylic acids is 4. The molecule has 0 radical (unpaired) electrons. The van der Waals surface area contributed by atoms with Crippen LogP contribution >= 0.6 is 0 Å². The lowest BCUT2D eigenvalue weighted by molar-refractivity contribution is -0.142. The third kappa shape index (κ3) is 8.77. The minimum absolute atomic E-state index is 0.00185. The van der Waals surface area contributed by atoms with Crippen LogP contribution in [0.25, 0.3) is 0 Å². The van der Waals surface area contributed by atoms with E-state index >= 15 is 0 Å². The molecule has 1 aromatic rings. The van der Waals surface area contributed by atoms with E-state index < -0.39 is 35.8 Å². The average molecular weight is 463 g/mol. The summed E-state index contributed by atoms with van der Waals surface area (Å²) in [5.74, 6) is -3.78. The van der Waals surface area contributed by atoms with E-state index in [1.807, 2.05) is 0 Å². The highest BCUT2D eigenvalue weighted by Gasteiger charge is 2.28. The van der Waals surface area contributed by atoms with E-state index in [-0.39, 0.29) is 43.5 Å². The molecule has 4 amide bonds. The second kappa shape index (κ2) is 12.4. The third-order valence-electron chi connectivity index (χ3n) is 5.12. The van der Waals surface area contributed by atoms with Crippen LogP contribution in [0.2, 0.25) is 0 Å². The number of carboxylic acids is 1. The Morgan fingerprint density at radius 1 is 1.09 bits per heavy atom. The number of nitrogens with two attached hydrogens (primary N) is 1. The predicted octanol–water partition coefficient (Wildman–Crippen LogP) is -1.88. The number of carbonyl (C=O) groups is 5. The Balaban J connectivity index is 2.04. The van der Waals surface area contributed by atoms with Gasteiger partial charge in [-0.2, -0.15) is 0 Å². The molecule has 180 valence electrons. The lowest BCUT2D eigenvalue weighted by Gasteiger charge is -2.22. The molecule has 1 saturated heterocycles. The molecular formula is C21H29N5O7. The highest BCUT2D eigenvalue weighted by Crippen LogP contribution is 2.12. The van der Waals surface area contributed by atoms with Crippen molar-refractivity contribution in [1.29, 1.82) is 0 Å². The van der Waals surface area contributed by atoms with Gasteiger partial charge in [-0.1, -0.05) is 12.1 Å². The fraction of sp³-hybridized carbons (Fsp3) is 0.476. The van der Waals surface area contributed by atoms with Gasteiger partial charge in [0.1, 0.15) is 17.8 Å². The topological polar surface area (TPSA) is 200 Å². The predicted molar refractivity (Wildman–Crippen MR) is 116 cm³/mol. The minimum Gasteiger partial charge on any atom is -0.508 e. The molecule has 8 N–H and O–H groups in total. The number of primary amides is 1. The van der Waals surface area contributed by atoms with Gasteiger partial charge >= 0.3 is 5.97 Å². The molecule has 2 rings (SSSR count). The van der Waals surface area contributed by atoms with Crippen LogP contribution in [0.15, 0.2) is 24.3 Å². The average Bonchev–Trinajstić information content (AvgIpc) is 3.30. The van der Waals surface area contributed by atoms with Gasteiger partial charge in [-0.25, -0.2) is 4.79 Å². The van der Waals surface area contributed by atoms with E-state index in [9.17, 15) is 34.2 Å². The molecule has 0 saturated carbocycles. The number of amides is 4. The second-order valence-corrected chi connectivity index (χ2v) is 7.76. The van der Waals surface area contributed by atoms with Crippen LogP contribution < -0.4 is 27.0 Å². The van der Waals surface area contributed by atoms with E-state index in [4.69, 9.17) is 5.73 Å². The fourth-order valence-corrected chi connectivity index (χ4v) is 3.34. The summed E-state index contributed by atoms with van der Waals surface area (Å²) in [7, 11) is 0. The van der Waals surface area contributed by atoms with E-state index in [1.54, 1.807) is 12.1 Å². The van der Waals surface area contributed by atoms with E-state index in [1.165, 1.54) is 12.1 Å². The van der Waals surface area contributed by atoms with Gasteiger partial charge in [0, 0.05) is 12.8 Å². The standard InChI is InChI=1S/C21H29N5O7/c22-17(28)8-7-15(21(32)33)26-20(31)16(10-12-3-5-13(27)6-4-12)25-18(29)11-24-19(30)14-2-1-9-23-14/h3-6,14-16,23,27H,1-2,7-11H2,(H2,22,28)(H,24,30)(H,25,29)(H,26,31)(H,32,33). The maximum Gasteiger partial charge on any atom is 0.326 e. The lowest BCUT2D eigenvalue weighted by atomic mass is 10.0. The largest absolute Gasteiger partial charge is 0.508 e. The normalized spacial score (nSPS) is 16.9. The molecule has 1 aromatic carbocycles. The molecule has 1 fully saturated rings. The monoisotopic (exact) mass is 463 g/mol. The SMILES string of the molecule is NC(=O)CCC(NC(=O)C(Cc1ccc(O)cc1)NC(=O)CNC(=O)C1CCCN1)C(=O)O. The molecule has 12 heteroatoms. The number of hydrogen-bond donors (Lipinski definition) is 7. The molecule has 1 aliphatic heterocycles. The van der Waals surface area contributed by atoms with Gasteiger partial charge < -0.3 is 37.2 Å². The van der Waals surface area contributed by atoms with Gasteiger partial charge in [-0.05, 0) is 43.5 Å². The van der Waals surface area contributed by atoms with E-state index in [0.717, 1.165) is 13.0 Å². The van der Waals surface area contributed by atoms with Gasteiger partial charge in [0.2, 0.25) is 23.6 Å². The number of carboxylic acid groups (broad SMARTS) is 1. The zero-order valence-electron chi connectivity index (χ0n) is 18.0. The minimum atomic E-state index is -1.38. The van der Waals surface area contributed by atoms with Crippen molar-refractivity contribution in [2.24, 2.45) is 5.73 Å². The van der Waals surface area contributed by atoms with Gasteiger partial charge in [0.15, 0.2) is 0 Å². The molecule has 1 aliphatic rings. The first kappa shape index (κ1) is 25.6. The van der Waals surface area contributed by atoms with Crippen molar-refractivity contribution in [3.05, 3.63) is 29.8 Å². The summed E-state index contributed by atoms with van der Waals surface area (Å²) in [6.07, 6.45) is 1.08. The van der Waals surface area contributed by atoms with Crippen molar-refractivity contribution >= 4 is 29.6 Å². The van der Waals surface area contributed by atoms with Gasteiger partial charge in [0.25, 0.3) is 0 Å². The van der Waals surface area contributed by atoms with Crippen LogP contribution in [0.1, 0.15) is 31.2 Å². The number of aromatic hydroxyl groups is 1. The molecule has 0 aromatic heterocycles. The Morgan fingerprint density at radius 2 is 1.79 bits per heavy atom. The summed E-state index contributed by atoms with van der Waals surface area (Å²) in [6.45, 7) is 0.361. The summed E-state index contributed by atoms with van der Waals surface area (Å²) in [5.41, 5.74) is 5.65. The van der Waals surface area contributed by atoms with Crippen LogP contribution in [0.5, 0.6) is 5.75 Å². The van der Waals surface area contributed by atoms with Crippen molar-refractivity contribution in [2.75, 3.05) is 13.1 Å². The van der Waals surface area contributed by atoms with Crippen LogP contribution in [0.4, 0.5) is 0 Å². The van der Waals surface area contributed by atoms with Crippen molar-refractivity contribution in [3.63, 3.8) is 0 Å². The summed E-state index contributed by atoms with van der Waals surface area (Å²) in [4.78, 5) is 59.7. The van der Waals surface area contributed by atoms with E-state index in [0.29, 0.717) is 12.0 Å². The highest BCUT2D eigenvalue weighted by atomic mass is 16.4. The van der Waals surface area contributed by atoms with Crippen molar-refractivity contribution in [3.8, 4) is 5.75 Å². The molecule has 3 unspecified atom stereocenters.